The van der Waals surface area contributed by atoms with E-state index in [9.17, 15) is 22.9 Å². The molecular formula is C39H46N2O5S. The third-order valence-corrected chi connectivity index (χ3v) is 10.5. The summed E-state index contributed by atoms with van der Waals surface area (Å²) >= 11 is 0. The molecule has 2 heterocycles. The van der Waals surface area contributed by atoms with Crippen LogP contribution in [-0.4, -0.2) is 47.2 Å². The maximum absolute atomic E-state index is 11.9. The summed E-state index contributed by atoms with van der Waals surface area (Å²) in [5.74, 6) is 0.466. The molecule has 47 heavy (non-hydrogen) atoms. The first-order valence-corrected chi connectivity index (χ1v) is 17.9. The van der Waals surface area contributed by atoms with Crippen molar-refractivity contribution in [1.82, 2.24) is 0 Å². The monoisotopic (exact) mass is 654 g/mol. The number of rotatable bonds is 13. The number of phenolic OH excluding ortho intramolecular Hbond substituents is 1. The molecule has 0 saturated carbocycles. The molecule has 0 fully saturated rings. The van der Waals surface area contributed by atoms with Gasteiger partial charge in [-0.2, -0.15) is 4.58 Å². The van der Waals surface area contributed by atoms with Gasteiger partial charge in [-0.1, -0.05) is 56.7 Å². The summed E-state index contributed by atoms with van der Waals surface area (Å²) in [4.78, 5) is 13.5. The molecule has 0 aliphatic carbocycles. The lowest BCUT2D eigenvalue weighted by Crippen LogP contribution is -2.28. The normalized spacial score (nSPS) is 17.5. The Morgan fingerprint density at radius 2 is 1.64 bits per heavy atom. The van der Waals surface area contributed by atoms with Gasteiger partial charge in [0.05, 0.1) is 10.3 Å². The Bertz CT molecular complexity index is 1850. The highest BCUT2D eigenvalue weighted by Crippen LogP contribution is 2.48. The first kappa shape index (κ1) is 34.3. The maximum atomic E-state index is 11.9. The van der Waals surface area contributed by atoms with Gasteiger partial charge in [0.1, 0.15) is 28.2 Å². The number of aryl methyl sites for hydroxylation is 1. The van der Waals surface area contributed by atoms with Gasteiger partial charge in [0.15, 0.2) is 5.71 Å². The van der Waals surface area contributed by atoms with Crippen molar-refractivity contribution in [3.63, 3.8) is 0 Å². The van der Waals surface area contributed by atoms with Gasteiger partial charge in [-0.25, -0.2) is 8.42 Å². The topological polar surface area (TPSA) is 101 Å². The largest absolute Gasteiger partial charge is 0.744 e. The lowest BCUT2D eigenvalue weighted by Gasteiger charge is -2.27. The second kappa shape index (κ2) is 13.6. The van der Waals surface area contributed by atoms with Crippen molar-refractivity contribution < 1.29 is 27.4 Å². The van der Waals surface area contributed by atoms with Crippen LogP contribution < -0.4 is 4.90 Å². The van der Waals surface area contributed by atoms with Crippen molar-refractivity contribution >= 4 is 33.0 Å². The van der Waals surface area contributed by atoms with Crippen LogP contribution in [0.3, 0.4) is 0 Å². The molecule has 3 aromatic carbocycles. The lowest BCUT2D eigenvalue weighted by molar-refractivity contribution is -0.438. The van der Waals surface area contributed by atoms with Crippen LogP contribution in [-0.2, 0) is 32.2 Å². The van der Waals surface area contributed by atoms with Gasteiger partial charge in [0, 0.05) is 53.9 Å². The molecule has 0 unspecified atom stereocenters. The van der Waals surface area contributed by atoms with E-state index in [-0.39, 0.29) is 21.8 Å². The number of aromatic hydroxyl groups is 1. The molecule has 8 heteroatoms. The van der Waals surface area contributed by atoms with E-state index in [0.29, 0.717) is 13.0 Å². The Morgan fingerprint density at radius 1 is 0.915 bits per heavy atom. The summed E-state index contributed by atoms with van der Waals surface area (Å²) in [5, 5.41) is 9.67. The van der Waals surface area contributed by atoms with Crippen LogP contribution in [0.2, 0.25) is 0 Å². The van der Waals surface area contributed by atoms with Crippen molar-refractivity contribution in [2.24, 2.45) is 0 Å². The Morgan fingerprint density at radius 3 is 2.34 bits per heavy atom. The zero-order chi connectivity index (χ0) is 34.0. The average molecular weight is 655 g/mol. The molecule has 2 aliphatic rings. The van der Waals surface area contributed by atoms with E-state index in [1.807, 2.05) is 12.1 Å². The number of anilines is 1. The zero-order valence-electron chi connectivity index (χ0n) is 28.1. The van der Waals surface area contributed by atoms with Crippen molar-refractivity contribution in [2.75, 3.05) is 18.0 Å². The quantitative estimate of drug-likeness (QED) is 0.115. The van der Waals surface area contributed by atoms with Gasteiger partial charge in [-0.3, -0.25) is 0 Å². The van der Waals surface area contributed by atoms with Crippen molar-refractivity contribution in [1.29, 1.82) is 0 Å². The summed E-state index contributed by atoms with van der Waals surface area (Å²) in [5.41, 5.74) is 6.88. The minimum atomic E-state index is -4.60. The van der Waals surface area contributed by atoms with E-state index < -0.39 is 15.5 Å². The molecule has 0 aromatic heterocycles. The average Bonchev–Trinajstić information content (AvgIpc) is 3.36. The highest BCUT2D eigenvalue weighted by atomic mass is 32.2. The Kier molecular flexibility index (Phi) is 9.94. The van der Waals surface area contributed by atoms with Gasteiger partial charge < -0.3 is 19.4 Å². The summed E-state index contributed by atoms with van der Waals surface area (Å²) in [6.07, 6.45) is 11.5. The fraction of sp³-hybridized carbons (Fsp3) is 0.385. The van der Waals surface area contributed by atoms with Crippen LogP contribution in [0, 0.1) is 0 Å². The number of hydrogen-bond donors (Lipinski definition) is 1. The van der Waals surface area contributed by atoms with Gasteiger partial charge in [-0.05, 0) is 87.6 Å². The van der Waals surface area contributed by atoms with Crippen molar-refractivity contribution in [3.8, 4) is 5.75 Å². The number of ketones is 1. The van der Waals surface area contributed by atoms with Crippen LogP contribution in [0.25, 0.3) is 0 Å². The first-order valence-electron chi connectivity index (χ1n) is 16.5. The number of benzene rings is 3. The Balaban J connectivity index is 1.48. The number of Topliss-reactive ketones (excluding diaryl/α,β-unsaturated/α-hetero) is 1. The second-order valence-electron chi connectivity index (χ2n) is 13.8. The molecule has 0 saturated heterocycles. The van der Waals surface area contributed by atoms with Gasteiger partial charge in [0.2, 0.25) is 5.69 Å². The van der Waals surface area contributed by atoms with E-state index >= 15 is 0 Å². The summed E-state index contributed by atoms with van der Waals surface area (Å²) in [6, 6.07) is 20.7. The number of unbranched alkanes of at least 4 members (excludes halogenated alkanes) is 2. The predicted octanol–water partition coefficient (Wildman–Crippen LogP) is 7.69. The number of para-hydroxylation sites is 1. The van der Waals surface area contributed by atoms with Gasteiger partial charge >= 0.3 is 0 Å². The van der Waals surface area contributed by atoms with Gasteiger partial charge in [-0.15, -0.1) is 0 Å². The van der Waals surface area contributed by atoms with E-state index in [0.717, 1.165) is 55.6 Å². The van der Waals surface area contributed by atoms with E-state index in [4.69, 9.17) is 0 Å². The minimum absolute atomic E-state index is 0.193. The molecule has 248 valence electrons. The number of carbonyl (C=O) groups excluding carboxylic acids is 1. The van der Waals surface area contributed by atoms with Crippen LogP contribution in [0.15, 0.2) is 95.6 Å². The molecule has 0 radical (unpaired) electrons. The summed E-state index contributed by atoms with van der Waals surface area (Å²) in [6.45, 7) is 11.8. The number of phenols is 1. The molecule has 3 aromatic rings. The first-order chi connectivity index (χ1) is 22.2. The number of nitrogens with zero attached hydrogens (tertiary/aromatic N) is 2. The molecular weight excluding hydrogens is 609 g/mol. The summed E-state index contributed by atoms with van der Waals surface area (Å²) in [7, 11) is -4.60. The molecule has 5 rings (SSSR count). The van der Waals surface area contributed by atoms with Crippen LogP contribution in [0.5, 0.6) is 5.75 Å². The van der Waals surface area contributed by atoms with Crippen molar-refractivity contribution in [2.45, 2.75) is 88.9 Å². The Labute approximate surface area is 279 Å². The SMILES string of the molecule is CC(=O)CCCCCN1/C(=C/C=C/C2=[N+](CCCc3ccc(O)cc3)c3ccccc3C2(C)C)C(C)(C)c2cc(S(=O)(=O)[O-])ccc21. The van der Waals surface area contributed by atoms with E-state index in [1.54, 1.807) is 25.1 Å². The number of allylic oxidation sites excluding steroid dienone is 4. The van der Waals surface area contributed by atoms with E-state index in [2.05, 4.69) is 79.7 Å². The number of carbonyl (C=O) groups is 1. The molecule has 0 atom stereocenters. The summed E-state index contributed by atoms with van der Waals surface area (Å²) < 4.78 is 38.2. The number of hydrogen-bond acceptors (Lipinski definition) is 6. The number of fused-ring (bicyclic) bond motifs is 2. The predicted molar refractivity (Wildman–Crippen MR) is 187 cm³/mol. The van der Waals surface area contributed by atoms with Crippen LogP contribution >= 0.6 is 0 Å². The minimum Gasteiger partial charge on any atom is -0.744 e. The molecule has 2 aliphatic heterocycles. The molecule has 7 nitrogen and oxygen atoms in total. The fourth-order valence-electron chi connectivity index (χ4n) is 7.09. The molecule has 0 amide bonds. The Hall–Kier alpha value is -4.01. The van der Waals surface area contributed by atoms with E-state index in [1.165, 1.54) is 34.7 Å². The second-order valence-corrected chi connectivity index (χ2v) is 15.2. The highest BCUT2D eigenvalue weighted by molar-refractivity contribution is 7.85. The van der Waals surface area contributed by atoms with Gasteiger partial charge in [0.25, 0.3) is 0 Å². The molecule has 0 spiro atoms. The smallest absolute Gasteiger partial charge is 0.209 e. The van der Waals surface area contributed by atoms with Crippen LogP contribution in [0.1, 0.15) is 83.4 Å². The zero-order valence-corrected chi connectivity index (χ0v) is 28.9. The highest BCUT2D eigenvalue weighted by Gasteiger charge is 2.44. The molecule has 1 N–H and O–H groups in total. The molecule has 0 bridgehead atoms. The standard InChI is InChI=1S/C39H46N2O5S/c1-28(42)13-7-6-10-25-40-35-24-23-31(47(44,45)46)27-33(35)39(4,5)37(40)18-11-17-36-38(2,3)32-15-8-9-16-34(32)41(36)26-12-14-29-19-21-30(43)22-20-29/h8-9,11,15-24,27H,6-7,10,12-14,25-26H2,1-5H3,(H-,43,44,45,46). The maximum Gasteiger partial charge on any atom is 0.209 e. The van der Waals surface area contributed by atoms with Crippen molar-refractivity contribution in [3.05, 3.63) is 107 Å². The fourth-order valence-corrected chi connectivity index (χ4v) is 7.58. The van der Waals surface area contributed by atoms with Crippen LogP contribution in [0.4, 0.5) is 11.4 Å². The lowest BCUT2D eigenvalue weighted by atomic mass is 9.81. The third kappa shape index (κ3) is 7.29. The third-order valence-electron chi connectivity index (χ3n) is 9.65.